The van der Waals surface area contributed by atoms with Gasteiger partial charge in [-0.05, 0) is 36.9 Å². The van der Waals surface area contributed by atoms with Crippen molar-refractivity contribution in [1.82, 2.24) is 5.06 Å². The minimum absolute atomic E-state index is 0.339. The first kappa shape index (κ1) is 21.2. The van der Waals surface area contributed by atoms with Crippen molar-refractivity contribution in [2.75, 3.05) is 13.1 Å². The molecule has 0 radical (unpaired) electrons. The zero-order valence-corrected chi connectivity index (χ0v) is 16.1. The molecule has 0 aliphatic rings. The maximum atomic E-state index is 5.70. The average molecular weight is 334 g/mol. The van der Waals surface area contributed by atoms with Crippen LogP contribution >= 0.6 is 24.8 Å². The maximum absolute atomic E-state index is 5.70. The van der Waals surface area contributed by atoms with Crippen molar-refractivity contribution in [3.8, 4) is 0 Å². The molecule has 0 aromatic heterocycles. The second kappa shape index (κ2) is 13.8. The van der Waals surface area contributed by atoms with E-state index in [-0.39, 0.29) is 0 Å². The lowest BCUT2D eigenvalue weighted by molar-refractivity contribution is -0.0900. The molecule has 0 saturated heterocycles. The van der Waals surface area contributed by atoms with Crippen LogP contribution in [0.15, 0.2) is 0 Å². The molecule has 126 valence electrons. The van der Waals surface area contributed by atoms with Crippen LogP contribution in [-0.2, 0) is 4.84 Å². The third-order valence-corrected chi connectivity index (χ3v) is 4.37. The predicted octanol–water partition coefficient (Wildman–Crippen LogP) is 5.87. The predicted molar refractivity (Wildman–Crippen MR) is 101 cm³/mol. The van der Waals surface area contributed by atoms with E-state index in [0.29, 0.717) is 16.2 Å². The van der Waals surface area contributed by atoms with Gasteiger partial charge in [-0.3, -0.25) is 0 Å². The quantitative estimate of drug-likeness (QED) is 0.257. The Balaban J connectivity index is 4.49. The van der Waals surface area contributed by atoms with Gasteiger partial charge < -0.3 is 4.84 Å². The number of thiocarbonyl (C=S) groups is 1. The fourth-order valence-corrected chi connectivity index (χ4v) is 2.89. The molecular weight excluding hydrogens is 298 g/mol. The van der Waals surface area contributed by atoms with Crippen LogP contribution in [0.25, 0.3) is 0 Å². The lowest BCUT2D eigenvalue weighted by Crippen LogP contribution is -2.35. The van der Waals surface area contributed by atoms with E-state index in [1.807, 2.05) is 0 Å². The Kier molecular flexibility index (Phi) is 14.0. The summed E-state index contributed by atoms with van der Waals surface area (Å²) in [6.45, 7) is 11.0. The van der Waals surface area contributed by atoms with Gasteiger partial charge in [0.05, 0.1) is 0 Å². The average Bonchev–Trinajstić information content (AvgIpc) is 2.46. The van der Waals surface area contributed by atoms with Crippen molar-refractivity contribution < 1.29 is 4.84 Å². The number of thiol groups is 1. The minimum atomic E-state index is 0.339. The Morgan fingerprint density at radius 2 is 1.38 bits per heavy atom. The van der Waals surface area contributed by atoms with Crippen LogP contribution in [0.4, 0.5) is 0 Å². The largest absolute Gasteiger partial charge is 0.387 e. The summed E-state index contributed by atoms with van der Waals surface area (Å²) in [6, 6.07) is 0. The summed E-state index contributed by atoms with van der Waals surface area (Å²) in [7, 11) is 0. The van der Waals surface area contributed by atoms with Crippen molar-refractivity contribution in [3.05, 3.63) is 0 Å². The van der Waals surface area contributed by atoms with Gasteiger partial charge >= 0.3 is 0 Å². The van der Waals surface area contributed by atoms with Gasteiger partial charge in [-0.25, -0.2) is 0 Å². The van der Waals surface area contributed by atoms with Crippen LogP contribution in [0.2, 0.25) is 0 Å². The highest BCUT2D eigenvalue weighted by Gasteiger charge is 2.18. The molecule has 2 atom stereocenters. The molecule has 0 heterocycles. The molecule has 0 N–H and O–H groups in total. The third-order valence-electron chi connectivity index (χ3n) is 4.22. The molecule has 21 heavy (non-hydrogen) atoms. The van der Waals surface area contributed by atoms with Crippen molar-refractivity contribution >= 4 is 29.2 Å². The Bertz CT molecular complexity index is 243. The van der Waals surface area contributed by atoms with Crippen LogP contribution < -0.4 is 0 Å². The molecule has 4 heteroatoms. The highest BCUT2D eigenvalue weighted by atomic mass is 32.1. The summed E-state index contributed by atoms with van der Waals surface area (Å²) in [5, 5.41) is 2.07. The van der Waals surface area contributed by atoms with Crippen LogP contribution in [0.1, 0.15) is 79.1 Å². The molecule has 0 spiro atoms. The van der Waals surface area contributed by atoms with E-state index in [1.165, 1.54) is 51.4 Å². The number of hydrogen-bond acceptors (Lipinski definition) is 3. The zero-order valence-electron chi connectivity index (χ0n) is 14.4. The van der Waals surface area contributed by atoms with E-state index in [9.17, 15) is 0 Å². The second-order valence-corrected chi connectivity index (χ2v) is 7.12. The van der Waals surface area contributed by atoms with E-state index < -0.39 is 0 Å². The van der Waals surface area contributed by atoms with Gasteiger partial charge in [0.25, 0.3) is 0 Å². The Morgan fingerprint density at radius 3 is 1.67 bits per heavy atom. The zero-order chi connectivity index (χ0) is 16.1. The first-order valence-electron chi connectivity index (χ1n) is 8.72. The minimum Gasteiger partial charge on any atom is -0.387 e. The van der Waals surface area contributed by atoms with Gasteiger partial charge in [-0.1, -0.05) is 78.8 Å². The van der Waals surface area contributed by atoms with E-state index in [1.54, 1.807) is 0 Å². The van der Waals surface area contributed by atoms with Crippen molar-refractivity contribution in [1.29, 1.82) is 0 Å². The normalized spacial score (nSPS) is 14.2. The van der Waals surface area contributed by atoms with Crippen LogP contribution in [0.5, 0.6) is 0 Å². The lowest BCUT2D eigenvalue weighted by atomic mass is 9.97. The number of rotatable bonds is 13. The number of hydroxylamine groups is 2. The fraction of sp³-hybridized carbons (Fsp3) is 0.941. The van der Waals surface area contributed by atoms with Gasteiger partial charge in [0.1, 0.15) is 0 Å². The Morgan fingerprint density at radius 1 is 0.952 bits per heavy atom. The summed E-state index contributed by atoms with van der Waals surface area (Å²) in [6.07, 6.45) is 10.1. The van der Waals surface area contributed by atoms with E-state index >= 15 is 0 Å². The first-order chi connectivity index (χ1) is 10.1. The highest BCUT2D eigenvalue weighted by Crippen LogP contribution is 2.19. The van der Waals surface area contributed by atoms with E-state index in [2.05, 4.69) is 45.4 Å². The summed E-state index contributed by atoms with van der Waals surface area (Å²) >= 11 is 9.17. The summed E-state index contributed by atoms with van der Waals surface area (Å²) in [4.78, 5) is 5.70. The smallest absolute Gasteiger partial charge is 0.241 e. The fourth-order valence-electron chi connectivity index (χ4n) is 2.67. The van der Waals surface area contributed by atoms with Crippen LogP contribution in [0, 0.1) is 11.8 Å². The molecule has 0 fully saturated rings. The van der Waals surface area contributed by atoms with Crippen LogP contribution in [-0.4, -0.2) is 22.5 Å². The number of nitrogens with zero attached hydrogens (tertiary/aromatic N) is 1. The third kappa shape index (κ3) is 11.4. The molecule has 0 aromatic rings. The van der Waals surface area contributed by atoms with Crippen molar-refractivity contribution in [3.63, 3.8) is 0 Å². The standard InChI is InChI=1S/C17H35NOS2/c1-5-9-11-15(7-3)13-18(19-17(20)21)14-16(8-4)12-10-6-2/h15-16H,5-14H2,1-4H3,(H,20,21). The molecule has 0 bridgehead atoms. The molecule has 0 aliphatic carbocycles. The van der Waals surface area contributed by atoms with Gasteiger partial charge in [0, 0.05) is 13.1 Å². The summed E-state index contributed by atoms with van der Waals surface area (Å²) < 4.78 is 0.339. The number of hydrogen-bond donors (Lipinski definition) is 1. The summed E-state index contributed by atoms with van der Waals surface area (Å²) in [5.41, 5.74) is 0. The Hall–Kier alpha value is 0.200. The molecule has 2 unspecified atom stereocenters. The van der Waals surface area contributed by atoms with Gasteiger partial charge in [-0.15, -0.1) is 5.06 Å². The van der Waals surface area contributed by atoms with Gasteiger partial charge in [-0.2, -0.15) is 0 Å². The van der Waals surface area contributed by atoms with Crippen molar-refractivity contribution in [2.45, 2.75) is 79.1 Å². The molecular formula is C17H35NOS2. The molecule has 0 rings (SSSR count). The molecule has 0 saturated carbocycles. The second-order valence-electron chi connectivity index (χ2n) is 6.04. The monoisotopic (exact) mass is 333 g/mol. The molecule has 0 amide bonds. The molecule has 2 nitrogen and oxygen atoms in total. The topological polar surface area (TPSA) is 12.5 Å². The highest BCUT2D eigenvalue weighted by molar-refractivity contribution is 8.10. The lowest BCUT2D eigenvalue weighted by Gasteiger charge is -2.29. The maximum Gasteiger partial charge on any atom is 0.241 e. The van der Waals surface area contributed by atoms with E-state index in [0.717, 1.165) is 13.1 Å². The van der Waals surface area contributed by atoms with Gasteiger partial charge in [0.2, 0.25) is 4.38 Å². The Labute approximate surface area is 143 Å². The van der Waals surface area contributed by atoms with Gasteiger partial charge in [0.15, 0.2) is 0 Å². The van der Waals surface area contributed by atoms with E-state index in [4.69, 9.17) is 17.1 Å². The SMILES string of the molecule is CCCCC(CC)CN(CC(CC)CCCC)OC(=S)S. The number of unbranched alkanes of at least 4 members (excludes halogenated alkanes) is 2. The molecule has 0 aromatic carbocycles. The first-order valence-corrected chi connectivity index (χ1v) is 9.58. The van der Waals surface area contributed by atoms with Crippen molar-refractivity contribution in [2.24, 2.45) is 11.8 Å². The van der Waals surface area contributed by atoms with Crippen LogP contribution in [0.3, 0.4) is 0 Å². The summed E-state index contributed by atoms with van der Waals surface area (Å²) in [5.74, 6) is 1.38. The molecule has 0 aliphatic heterocycles.